The molecule has 0 bridgehead atoms. The van der Waals surface area contributed by atoms with E-state index < -0.39 is 36.5 Å². The Morgan fingerprint density at radius 2 is 2.06 bits per heavy atom. The van der Waals surface area contributed by atoms with Gasteiger partial charge in [-0.1, -0.05) is 6.92 Å². The lowest BCUT2D eigenvalue weighted by Gasteiger charge is -2.36. The molecule has 1 aliphatic rings. The lowest BCUT2D eigenvalue weighted by atomic mass is 10.0. The minimum atomic E-state index is -1.17. The van der Waals surface area contributed by atoms with Crippen LogP contribution in [0.1, 0.15) is 26.7 Å². The number of esters is 2. The van der Waals surface area contributed by atoms with Gasteiger partial charge in [0.2, 0.25) is 0 Å². The van der Waals surface area contributed by atoms with Crippen molar-refractivity contribution in [2.75, 3.05) is 6.61 Å². The Morgan fingerprint density at radius 1 is 1.39 bits per heavy atom. The highest BCUT2D eigenvalue weighted by Crippen LogP contribution is 2.22. The van der Waals surface area contributed by atoms with Crippen molar-refractivity contribution in [1.29, 1.82) is 0 Å². The fraction of sp³-hybridized carbons (Fsp3) is 0.818. The Balaban J connectivity index is 2.65. The lowest BCUT2D eigenvalue weighted by Crippen LogP contribution is -2.52. The molecule has 1 heterocycles. The van der Waals surface area contributed by atoms with Crippen LogP contribution in [-0.4, -0.2) is 53.4 Å². The van der Waals surface area contributed by atoms with E-state index in [0.29, 0.717) is 0 Å². The van der Waals surface area contributed by atoms with E-state index in [-0.39, 0.29) is 19.4 Å². The summed E-state index contributed by atoms with van der Waals surface area (Å²) in [4.78, 5) is 22.0. The van der Waals surface area contributed by atoms with Crippen LogP contribution in [0.4, 0.5) is 0 Å². The van der Waals surface area contributed by atoms with Gasteiger partial charge in [0.15, 0.2) is 12.4 Å². The molecule has 4 unspecified atom stereocenters. The van der Waals surface area contributed by atoms with E-state index in [1.165, 1.54) is 6.92 Å². The second-order valence-corrected chi connectivity index (χ2v) is 4.04. The zero-order valence-corrected chi connectivity index (χ0v) is 10.4. The van der Waals surface area contributed by atoms with E-state index >= 15 is 0 Å². The van der Waals surface area contributed by atoms with Crippen LogP contribution < -0.4 is 0 Å². The molecule has 4 atom stereocenters. The highest BCUT2D eigenvalue weighted by molar-refractivity contribution is 5.69. The van der Waals surface area contributed by atoms with Crippen LogP contribution in [-0.2, 0) is 23.8 Å². The van der Waals surface area contributed by atoms with Crippen molar-refractivity contribution < 1.29 is 34.0 Å². The molecule has 0 spiro atoms. The molecule has 0 radical (unpaired) electrons. The third kappa shape index (κ3) is 4.25. The van der Waals surface area contributed by atoms with Gasteiger partial charge in [0.1, 0.15) is 12.7 Å². The second-order valence-electron chi connectivity index (χ2n) is 4.04. The van der Waals surface area contributed by atoms with Gasteiger partial charge in [0.05, 0.1) is 6.10 Å². The van der Waals surface area contributed by atoms with E-state index in [1.807, 2.05) is 0 Å². The normalized spacial score (nSPS) is 31.8. The van der Waals surface area contributed by atoms with Gasteiger partial charge in [-0.05, 0) is 0 Å². The van der Waals surface area contributed by atoms with Gasteiger partial charge in [-0.2, -0.15) is 0 Å². The van der Waals surface area contributed by atoms with Gasteiger partial charge in [-0.15, -0.1) is 0 Å². The number of ether oxygens (including phenoxy) is 3. The molecule has 0 saturated carbocycles. The maximum Gasteiger partial charge on any atom is 0.305 e. The molecule has 7 nitrogen and oxygen atoms in total. The highest BCUT2D eigenvalue weighted by atomic mass is 16.7. The molecule has 18 heavy (non-hydrogen) atoms. The van der Waals surface area contributed by atoms with Gasteiger partial charge >= 0.3 is 11.9 Å². The lowest BCUT2D eigenvalue weighted by molar-refractivity contribution is -0.249. The first kappa shape index (κ1) is 14.9. The van der Waals surface area contributed by atoms with E-state index in [4.69, 9.17) is 14.2 Å². The summed E-state index contributed by atoms with van der Waals surface area (Å²) in [7, 11) is 0. The molecule has 1 saturated heterocycles. The topological polar surface area (TPSA) is 102 Å². The fourth-order valence-electron chi connectivity index (χ4n) is 1.65. The molecule has 0 aliphatic carbocycles. The van der Waals surface area contributed by atoms with Crippen LogP contribution in [0.25, 0.3) is 0 Å². The number of aliphatic hydroxyl groups is 2. The summed E-state index contributed by atoms with van der Waals surface area (Å²) in [6.07, 6.45) is -3.94. The molecule has 0 aromatic carbocycles. The minimum Gasteiger partial charge on any atom is -0.463 e. The average Bonchev–Trinajstić information content (AvgIpc) is 2.29. The van der Waals surface area contributed by atoms with E-state index in [0.717, 1.165) is 0 Å². The van der Waals surface area contributed by atoms with E-state index in [1.54, 1.807) is 6.92 Å². The Kier molecular flexibility index (Phi) is 5.52. The summed E-state index contributed by atoms with van der Waals surface area (Å²) in [6, 6.07) is 0. The second kappa shape index (κ2) is 6.67. The summed E-state index contributed by atoms with van der Waals surface area (Å²) >= 11 is 0. The third-order valence-electron chi connectivity index (χ3n) is 2.53. The summed E-state index contributed by atoms with van der Waals surface area (Å²) < 4.78 is 14.9. The first-order chi connectivity index (χ1) is 8.43. The van der Waals surface area contributed by atoms with Gasteiger partial charge in [-0.3, -0.25) is 9.59 Å². The molecule has 104 valence electrons. The van der Waals surface area contributed by atoms with E-state index in [2.05, 4.69) is 0 Å². The average molecular weight is 262 g/mol. The van der Waals surface area contributed by atoms with Crippen molar-refractivity contribution >= 4 is 11.9 Å². The first-order valence-corrected chi connectivity index (χ1v) is 5.78. The van der Waals surface area contributed by atoms with Crippen LogP contribution in [0.15, 0.2) is 0 Å². The van der Waals surface area contributed by atoms with Crippen molar-refractivity contribution in [3.63, 3.8) is 0 Å². The van der Waals surface area contributed by atoms with E-state index in [9.17, 15) is 19.8 Å². The van der Waals surface area contributed by atoms with Gasteiger partial charge in [0, 0.05) is 19.8 Å². The minimum absolute atomic E-state index is 0.0573. The molecule has 1 aliphatic heterocycles. The Morgan fingerprint density at radius 3 is 2.61 bits per heavy atom. The Hall–Kier alpha value is -1.18. The molecule has 1 rings (SSSR count). The summed E-state index contributed by atoms with van der Waals surface area (Å²) in [5.74, 6) is -1.01. The number of hydrogen-bond donors (Lipinski definition) is 2. The molecule has 0 aromatic rings. The Labute approximate surface area is 105 Å². The SMILES string of the molecule is CCC(=O)OC1C(O)CC(O)OC1COC(C)=O. The molecule has 0 aromatic heterocycles. The van der Waals surface area contributed by atoms with Crippen LogP contribution in [0, 0.1) is 0 Å². The largest absolute Gasteiger partial charge is 0.463 e. The number of carbonyl (C=O) groups is 2. The maximum atomic E-state index is 11.2. The highest BCUT2D eigenvalue weighted by Gasteiger charge is 2.40. The predicted molar refractivity (Wildman–Crippen MR) is 58.3 cm³/mol. The zero-order valence-electron chi connectivity index (χ0n) is 10.4. The molecule has 2 N–H and O–H groups in total. The summed E-state index contributed by atoms with van der Waals surface area (Å²) in [5.41, 5.74) is 0. The third-order valence-corrected chi connectivity index (χ3v) is 2.53. The maximum absolute atomic E-state index is 11.2. The Bertz CT molecular complexity index is 304. The predicted octanol–water partition coefficient (Wildman–Crippen LogP) is -0.661. The number of aliphatic hydroxyl groups excluding tert-OH is 2. The van der Waals surface area contributed by atoms with Gasteiger partial charge in [0.25, 0.3) is 0 Å². The number of hydrogen-bond acceptors (Lipinski definition) is 7. The van der Waals surface area contributed by atoms with Crippen molar-refractivity contribution in [3.8, 4) is 0 Å². The monoisotopic (exact) mass is 262 g/mol. The number of rotatable bonds is 4. The first-order valence-electron chi connectivity index (χ1n) is 5.78. The molecular weight excluding hydrogens is 244 g/mol. The summed E-state index contributed by atoms with van der Waals surface area (Å²) in [5, 5.41) is 19.1. The van der Waals surface area contributed by atoms with Crippen LogP contribution in [0.2, 0.25) is 0 Å². The molecule has 0 amide bonds. The van der Waals surface area contributed by atoms with Crippen molar-refractivity contribution in [1.82, 2.24) is 0 Å². The molecule has 1 fully saturated rings. The van der Waals surface area contributed by atoms with Gasteiger partial charge < -0.3 is 24.4 Å². The van der Waals surface area contributed by atoms with Crippen molar-refractivity contribution in [3.05, 3.63) is 0 Å². The van der Waals surface area contributed by atoms with Crippen molar-refractivity contribution in [2.24, 2.45) is 0 Å². The molecule has 7 heteroatoms. The molecular formula is C11H18O7. The number of carbonyl (C=O) groups excluding carboxylic acids is 2. The van der Waals surface area contributed by atoms with Crippen LogP contribution >= 0.6 is 0 Å². The van der Waals surface area contributed by atoms with Gasteiger partial charge in [-0.25, -0.2) is 0 Å². The standard InChI is InChI=1S/C11H18O7/c1-3-9(14)18-11-7(13)4-10(15)17-8(11)5-16-6(2)12/h7-8,10-11,13,15H,3-5H2,1-2H3. The zero-order chi connectivity index (χ0) is 13.7. The fourth-order valence-corrected chi connectivity index (χ4v) is 1.65. The quantitative estimate of drug-likeness (QED) is 0.648. The smallest absolute Gasteiger partial charge is 0.305 e. The summed E-state index contributed by atoms with van der Waals surface area (Å²) in [6.45, 7) is 2.65. The van der Waals surface area contributed by atoms with Crippen LogP contribution in [0.3, 0.4) is 0 Å². The van der Waals surface area contributed by atoms with Crippen LogP contribution in [0.5, 0.6) is 0 Å². The van der Waals surface area contributed by atoms with Crippen molar-refractivity contribution in [2.45, 2.75) is 51.3 Å².